The number of rotatable bonds is 4. The standard InChI is InChI=1S/C25H42O4/c1-15(5-8-22(28)29-4)18-6-7-19-23-20(10-12-25(18,19)3)24(2)11-9-17(26)13-16(24)14-21(23)27/h15-21,23,26-27H,5-14H2,1-4H3/t15-,16?,17-,18-,19+,20+,21-,23+,24?,25?/m1/s1. The third-order valence-electron chi connectivity index (χ3n) is 10.4. The maximum absolute atomic E-state index is 11.6. The van der Waals surface area contributed by atoms with Crippen molar-refractivity contribution < 1.29 is 19.7 Å². The van der Waals surface area contributed by atoms with Gasteiger partial charge in [0, 0.05) is 6.42 Å². The number of carbonyl (C=O) groups excluding carboxylic acids is 1. The van der Waals surface area contributed by atoms with Gasteiger partial charge in [-0.25, -0.2) is 0 Å². The lowest BCUT2D eigenvalue weighted by Crippen LogP contribution is -2.58. The number of hydrogen-bond donors (Lipinski definition) is 2. The summed E-state index contributed by atoms with van der Waals surface area (Å²) in [5.74, 6) is 3.17. The molecule has 166 valence electrons. The summed E-state index contributed by atoms with van der Waals surface area (Å²) in [6.07, 6.45) is 9.80. The Bertz CT molecular complexity index is 620. The lowest BCUT2D eigenvalue weighted by Gasteiger charge is -2.62. The Kier molecular flexibility index (Phi) is 5.83. The molecule has 4 saturated carbocycles. The number of hydrogen-bond acceptors (Lipinski definition) is 4. The molecule has 0 amide bonds. The van der Waals surface area contributed by atoms with Crippen molar-refractivity contribution in [3.63, 3.8) is 0 Å². The molecule has 29 heavy (non-hydrogen) atoms. The Morgan fingerprint density at radius 1 is 1.03 bits per heavy atom. The molecule has 0 aromatic heterocycles. The molecule has 0 aromatic rings. The number of aliphatic hydroxyl groups is 2. The van der Waals surface area contributed by atoms with Gasteiger partial charge in [-0.15, -0.1) is 0 Å². The van der Waals surface area contributed by atoms with E-state index in [2.05, 4.69) is 20.8 Å². The third-order valence-corrected chi connectivity index (χ3v) is 10.4. The zero-order valence-corrected chi connectivity index (χ0v) is 18.9. The molecule has 4 nitrogen and oxygen atoms in total. The van der Waals surface area contributed by atoms with E-state index in [1.165, 1.54) is 32.8 Å². The van der Waals surface area contributed by atoms with Crippen molar-refractivity contribution in [3.05, 3.63) is 0 Å². The van der Waals surface area contributed by atoms with Crippen LogP contribution >= 0.6 is 0 Å². The van der Waals surface area contributed by atoms with Crippen LogP contribution in [-0.4, -0.2) is 35.5 Å². The van der Waals surface area contributed by atoms with Crippen molar-refractivity contribution in [1.29, 1.82) is 0 Å². The van der Waals surface area contributed by atoms with Gasteiger partial charge in [0.2, 0.25) is 0 Å². The molecule has 4 aliphatic carbocycles. The van der Waals surface area contributed by atoms with Gasteiger partial charge in [0.1, 0.15) is 0 Å². The van der Waals surface area contributed by atoms with E-state index < -0.39 is 0 Å². The van der Waals surface area contributed by atoms with Crippen LogP contribution in [0.1, 0.15) is 85.0 Å². The number of aliphatic hydroxyl groups excluding tert-OH is 2. The minimum Gasteiger partial charge on any atom is -0.469 e. The van der Waals surface area contributed by atoms with Gasteiger partial charge in [0.25, 0.3) is 0 Å². The van der Waals surface area contributed by atoms with E-state index in [0.29, 0.717) is 47.3 Å². The minimum absolute atomic E-state index is 0.0959. The van der Waals surface area contributed by atoms with Crippen molar-refractivity contribution in [2.45, 2.75) is 97.2 Å². The molecular weight excluding hydrogens is 364 g/mol. The average Bonchev–Trinajstić information content (AvgIpc) is 3.04. The zero-order chi connectivity index (χ0) is 21.0. The normalized spacial score (nSPS) is 50.2. The number of ether oxygens (including phenoxy) is 1. The highest BCUT2D eigenvalue weighted by Gasteiger charge is 2.62. The van der Waals surface area contributed by atoms with Crippen molar-refractivity contribution in [3.8, 4) is 0 Å². The van der Waals surface area contributed by atoms with E-state index in [-0.39, 0.29) is 23.6 Å². The molecular formula is C25H42O4. The summed E-state index contributed by atoms with van der Waals surface area (Å²) in [5, 5.41) is 21.5. The fourth-order valence-electron chi connectivity index (χ4n) is 8.82. The van der Waals surface area contributed by atoms with E-state index in [0.717, 1.165) is 32.1 Å². The van der Waals surface area contributed by atoms with E-state index >= 15 is 0 Å². The van der Waals surface area contributed by atoms with E-state index in [1.807, 2.05) is 0 Å². The largest absolute Gasteiger partial charge is 0.469 e. The molecule has 10 atom stereocenters. The second-order valence-corrected chi connectivity index (χ2v) is 11.5. The predicted octanol–water partition coefficient (Wildman–Crippen LogP) is 4.57. The molecule has 3 unspecified atom stereocenters. The van der Waals surface area contributed by atoms with Crippen LogP contribution in [0.3, 0.4) is 0 Å². The molecule has 0 heterocycles. The van der Waals surface area contributed by atoms with E-state index in [4.69, 9.17) is 4.74 Å². The summed E-state index contributed by atoms with van der Waals surface area (Å²) in [5.41, 5.74) is 0.577. The van der Waals surface area contributed by atoms with Crippen LogP contribution in [-0.2, 0) is 9.53 Å². The number of fused-ring (bicyclic) bond motifs is 5. The number of carbonyl (C=O) groups is 1. The van der Waals surface area contributed by atoms with Gasteiger partial charge in [0.15, 0.2) is 0 Å². The van der Waals surface area contributed by atoms with Gasteiger partial charge >= 0.3 is 5.97 Å². The van der Waals surface area contributed by atoms with Crippen LogP contribution in [0.25, 0.3) is 0 Å². The highest BCUT2D eigenvalue weighted by Crippen LogP contribution is 2.68. The summed E-state index contributed by atoms with van der Waals surface area (Å²) in [7, 11) is 1.48. The SMILES string of the molecule is COC(=O)CC[C@@H](C)[C@H]1CC[C@H]2[C@@H]3[C@H](O)CC4C[C@H](O)CCC4(C)[C@H]3CCC12C. The molecule has 0 spiro atoms. The fraction of sp³-hybridized carbons (Fsp3) is 0.960. The molecule has 4 fully saturated rings. The first kappa shape index (κ1) is 21.6. The van der Waals surface area contributed by atoms with Crippen molar-refractivity contribution >= 4 is 5.97 Å². The van der Waals surface area contributed by atoms with Crippen molar-refractivity contribution in [1.82, 2.24) is 0 Å². The highest BCUT2D eigenvalue weighted by atomic mass is 16.5. The zero-order valence-electron chi connectivity index (χ0n) is 18.9. The van der Waals surface area contributed by atoms with Crippen LogP contribution in [0.2, 0.25) is 0 Å². The Morgan fingerprint density at radius 3 is 2.45 bits per heavy atom. The molecule has 4 aliphatic rings. The second kappa shape index (κ2) is 7.82. The smallest absolute Gasteiger partial charge is 0.305 e. The first-order valence-corrected chi connectivity index (χ1v) is 12.1. The van der Waals surface area contributed by atoms with Gasteiger partial charge in [-0.05, 0) is 104 Å². The molecule has 4 heteroatoms. The fourth-order valence-corrected chi connectivity index (χ4v) is 8.82. The lowest BCUT2D eigenvalue weighted by atomic mass is 9.43. The van der Waals surface area contributed by atoms with Crippen molar-refractivity contribution in [2.75, 3.05) is 7.11 Å². The van der Waals surface area contributed by atoms with Crippen LogP contribution in [0, 0.1) is 46.3 Å². The first-order valence-electron chi connectivity index (χ1n) is 12.1. The summed E-state index contributed by atoms with van der Waals surface area (Å²) >= 11 is 0. The van der Waals surface area contributed by atoms with Gasteiger partial charge in [-0.2, -0.15) is 0 Å². The Balaban J connectivity index is 1.53. The van der Waals surface area contributed by atoms with Gasteiger partial charge in [-0.3, -0.25) is 4.79 Å². The number of esters is 1. The Labute approximate surface area is 176 Å². The van der Waals surface area contributed by atoms with Crippen LogP contribution < -0.4 is 0 Å². The Hall–Kier alpha value is -0.610. The topological polar surface area (TPSA) is 66.8 Å². The van der Waals surface area contributed by atoms with Gasteiger partial charge < -0.3 is 14.9 Å². The summed E-state index contributed by atoms with van der Waals surface area (Å²) in [6, 6.07) is 0. The monoisotopic (exact) mass is 406 g/mol. The maximum atomic E-state index is 11.6. The molecule has 2 N–H and O–H groups in total. The van der Waals surface area contributed by atoms with E-state index in [1.54, 1.807) is 0 Å². The highest BCUT2D eigenvalue weighted by molar-refractivity contribution is 5.69. The molecule has 0 aromatic carbocycles. The molecule has 0 aliphatic heterocycles. The van der Waals surface area contributed by atoms with E-state index in [9.17, 15) is 15.0 Å². The maximum Gasteiger partial charge on any atom is 0.305 e. The Morgan fingerprint density at radius 2 is 1.72 bits per heavy atom. The summed E-state index contributed by atoms with van der Waals surface area (Å²) < 4.78 is 4.86. The number of methoxy groups -OCH3 is 1. The van der Waals surface area contributed by atoms with Gasteiger partial charge in [-0.1, -0.05) is 20.8 Å². The molecule has 0 saturated heterocycles. The van der Waals surface area contributed by atoms with Crippen LogP contribution in [0.4, 0.5) is 0 Å². The minimum atomic E-state index is -0.211. The molecule has 0 radical (unpaired) electrons. The lowest BCUT2D eigenvalue weighted by molar-refractivity contribution is -0.174. The molecule has 4 rings (SSSR count). The summed E-state index contributed by atoms with van der Waals surface area (Å²) in [6.45, 7) is 7.29. The van der Waals surface area contributed by atoms with Crippen LogP contribution in [0.15, 0.2) is 0 Å². The summed E-state index contributed by atoms with van der Waals surface area (Å²) in [4.78, 5) is 11.6. The van der Waals surface area contributed by atoms with Crippen molar-refractivity contribution in [2.24, 2.45) is 46.3 Å². The van der Waals surface area contributed by atoms with Crippen LogP contribution in [0.5, 0.6) is 0 Å². The first-order chi connectivity index (χ1) is 13.7. The average molecular weight is 407 g/mol. The second-order valence-electron chi connectivity index (χ2n) is 11.5. The predicted molar refractivity (Wildman–Crippen MR) is 113 cm³/mol. The molecule has 0 bridgehead atoms. The quantitative estimate of drug-likeness (QED) is 0.671. The van der Waals surface area contributed by atoms with Gasteiger partial charge in [0.05, 0.1) is 19.3 Å². The third kappa shape index (κ3) is 3.46.